The Kier molecular flexibility index (Phi) is 7.99. The molecule has 0 fully saturated rings. The molecule has 3 heterocycles. The van der Waals surface area contributed by atoms with E-state index in [-0.39, 0.29) is 0 Å². The lowest BCUT2D eigenvalue weighted by Crippen LogP contribution is -2.10. The van der Waals surface area contributed by atoms with Gasteiger partial charge in [0.15, 0.2) is 5.58 Å². The molecule has 0 spiro atoms. The van der Waals surface area contributed by atoms with E-state index in [0.29, 0.717) is 0 Å². The molecule has 0 aliphatic heterocycles. The van der Waals surface area contributed by atoms with Gasteiger partial charge in [0.2, 0.25) is 0 Å². The molecule has 0 aliphatic carbocycles. The topological polar surface area (TPSA) is 16.4 Å². The van der Waals surface area contributed by atoms with E-state index in [9.17, 15) is 0 Å². The summed E-state index contributed by atoms with van der Waals surface area (Å²) in [6.07, 6.45) is 0. The molecular formula is C58H35NOS2. The first-order valence-corrected chi connectivity index (χ1v) is 22.6. The van der Waals surface area contributed by atoms with Crippen molar-refractivity contribution in [3.8, 4) is 33.4 Å². The largest absolute Gasteiger partial charge is 0.454 e. The summed E-state index contributed by atoms with van der Waals surface area (Å²) in [5.41, 5.74) is 12.0. The maximum absolute atomic E-state index is 7.00. The minimum Gasteiger partial charge on any atom is -0.454 e. The van der Waals surface area contributed by atoms with Gasteiger partial charge in [-0.3, -0.25) is 0 Å². The summed E-state index contributed by atoms with van der Waals surface area (Å²) in [7, 11) is 0. The summed E-state index contributed by atoms with van der Waals surface area (Å²) < 4.78 is 12.2. The van der Waals surface area contributed by atoms with Crippen molar-refractivity contribution in [3.63, 3.8) is 0 Å². The van der Waals surface area contributed by atoms with Crippen molar-refractivity contribution < 1.29 is 4.42 Å². The van der Waals surface area contributed by atoms with Crippen LogP contribution in [0.2, 0.25) is 0 Å². The number of para-hydroxylation sites is 1. The van der Waals surface area contributed by atoms with Crippen LogP contribution in [0.5, 0.6) is 0 Å². The second-order valence-electron chi connectivity index (χ2n) is 16.0. The Morgan fingerprint density at radius 3 is 1.71 bits per heavy atom. The highest BCUT2D eigenvalue weighted by molar-refractivity contribution is 7.26. The molecule has 13 aromatic rings. The van der Waals surface area contributed by atoms with Crippen LogP contribution in [0.4, 0.5) is 17.1 Å². The van der Waals surface area contributed by atoms with E-state index in [1.807, 2.05) is 22.7 Å². The van der Waals surface area contributed by atoms with Gasteiger partial charge in [0.1, 0.15) is 5.58 Å². The second kappa shape index (κ2) is 14.0. The molecule has 0 unspecified atom stereocenters. The molecule has 2 nitrogen and oxygen atoms in total. The van der Waals surface area contributed by atoms with Gasteiger partial charge in [-0.1, -0.05) is 146 Å². The number of anilines is 3. The zero-order chi connectivity index (χ0) is 40.7. The maximum atomic E-state index is 7.00. The van der Waals surface area contributed by atoms with Gasteiger partial charge in [-0.2, -0.15) is 0 Å². The third-order valence-corrected chi connectivity index (χ3v) is 14.9. The Labute approximate surface area is 365 Å². The fraction of sp³-hybridized carbons (Fsp3) is 0. The van der Waals surface area contributed by atoms with Gasteiger partial charge in [-0.25, -0.2) is 0 Å². The number of thiophene rings is 2. The molecule has 10 aromatic carbocycles. The summed E-state index contributed by atoms with van der Waals surface area (Å²) in [5.74, 6) is 0. The molecule has 0 saturated heterocycles. The van der Waals surface area contributed by atoms with Gasteiger partial charge in [0.25, 0.3) is 0 Å². The molecule has 0 amide bonds. The number of nitrogens with zero attached hydrogens (tertiary/aromatic N) is 1. The van der Waals surface area contributed by atoms with Crippen molar-refractivity contribution in [2.45, 2.75) is 0 Å². The zero-order valence-corrected chi connectivity index (χ0v) is 35.0. The van der Waals surface area contributed by atoms with Crippen LogP contribution in [0.25, 0.3) is 106 Å². The number of benzene rings is 10. The van der Waals surface area contributed by atoms with E-state index < -0.39 is 0 Å². The minimum atomic E-state index is 0.860. The standard InChI is InChI=1S/C58H35NOS2/c1-2-11-39-34-40(21-20-36(39)10-1)37-22-27-42(28-23-37)59(43-29-24-38(25-30-43)41-26-33-55-50(35-41)45-13-5-7-18-53(45)61-55)51-32-31-46(56-49-14-3-6-17-52(49)60-57(51)56)48-16-9-15-47-44-12-4-8-19-54(44)62-58(47)48/h1-35H. The van der Waals surface area contributed by atoms with Crippen LogP contribution < -0.4 is 4.90 Å². The van der Waals surface area contributed by atoms with Crippen molar-refractivity contribution in [3.05, 3.63) is 212 Å². The normalized spacial score (nSPS) is 11.9. The van der Waals surface area contributed by atoms with Crippen LogP contribution in [0.15, 0.2) is 217 Å². The maximum Gasteiger partial charge on any atom is 0.160 e. The summed E-state index contributed by atoms with van der Waals surface area (Å²) in [4.78, 5) is 2.36. The third-order valence-electron chi connectivity index (χ3n) is 12.5. The van der Waals surface area contributed by atoms with E-state index >= 15 is 0 Å². The van der Waals surface area contributed by atoms with Crippen LogP contribution in [-0.4, -0.2) is 0 Å². The monoisotopic (exact) mass is 825 g/mol. The molecular weight excluding hydrogens is 791 g/mol. The van der Waals surface area contributed by atoms with E-state index in [2.05, 4.69) is 217 Å². The predicted octanol–water partition coefficient (Wildman–Crippen LogP) is 17.9. The molecule has 0 N–H and O–H groups in total. The Bertz CT molecular complexity index is 3870. The number of rotatable bonds is 6. The number of fused-ring (bicyclic) bond motifs is 10. The van der Waals surface area contributed by atoms with E-state index in [1.54, 1.807) is 0 Å². The first kappa shape index (κ1) is 35.3. The Morgan fingerprint density at radius 2 is 0.935 bits per heavy atom. The Morgan fingerprint density at radius 1 is 0.355 bits per heavy atom. The quantitative estimate of drug-likeness (QED) is 0.166. The smallest absolute Gasteiger partial charge is 0.160 e. The fourth-order valence-electron chi connectivity index (χ4n) is 9.48. The van der Waals surface area contributed by atoms with Crippen molar-refractivity contribution in [2.75, 3.05) is 4.90 Å². The van der Waals surface area contributed by atoms with Crippen molar-refractivity contribution >= 4 is 113 Å². The van der Waals surface area contributed by atoms with Crippen LogP contribution in [0, 0.1) is 0 Å². The second-order valence-corrected chi connectivity index (χ2v) is 18.2. The molecule has 13 rings (SSSR count). The first-order valence-electron chi connectivity index (χ1n) is 21.0. The molecule has 0 radical (unpaired) electrons. The molecule has 290 valence electrons. The minimum absolute atomic E-state index is 0.860. The van der Waals surface area contributed by atoms with E-state index in [1.165, 1.54) is 84.5 Å². The molecule has 4 heteroatoms. The molecule has 0 aliphatic rings. The molecule has 3 aromatic heterocycles. The fourth-order valence-corrected chi connectivity index (χ4v) is 11.8. The zero-order valence-electron chi connectivity index (χ0n) is 33.4. The van der Waals surface area contributed by atoms with Crippen LogP contribution in [0.1, 0.15) is 0 Å². The predicted molar refractivity (Wildman–Crippen MR) is 268 cm³/mol. The van der Waals surface area contributed by atoms with Gasteiger partial charge in [0, 0.05) is 68.1 Å². The molecule has 0 atom stereocenters. The average Bonchev–Trinajstić information content (AvgIpc) is 4.04. The number of furan rings is 1. The molecule has 0 bridgehead atoms. The van der Waals surface area contributed by atoms with Crippen molar-refractivity contribution in [1.82, 2.24) is 0 Å². The lowest BCUT2D eigenvalue weighted by atomic mass is 9.96. The van der Waals surface area contributed by atoms with Crippen molar-refractivity contribution in [1.29, 1.82) is 0 Å². The number of hydrogen-bond donors (Lipinski definition) is 0. The highest BCUT2D eigenvalue weighted by Crippen LogP contribution is 2.49. The summed E-state index contributed by atoms with van der Waals surface area (Å²) >= 11 is 3.72. The van der Waals surface area contributed by atoms with Gasteiger partial charge in [-0.05, 0) is 105 Å². The summed E-state index contributed by atoms with van der Waals surface area (Å²) in [5, 5.41) is 9.90. The lowest BCUT2D eigenvalue weighted by Gasteiger charge is -2.26. The van der Waals surface area contributed by atoms with E-state index in [4.69, 9.17) is 4.42 Å². The average molecular weight is 826 g/mol. The van der Waals surface area contributed by atoms with Gasteiger partial charge < -0.3 is 9.32 Å². The Hall–Kier alpha value is -7.50. The highest BCUT2D eigenvalue weighted by Gasteiger charge is 2.24. The van der Waals surface area contributed by atoms with Gasteiger partial charge >= 0.3 is 0 Å². The third kappa shape index (κ3) is 5.61. The summed E-state index contributed by atoms with van der Waals surface area (Å²) in [6.45, 7) is 0. The van der Waals surface area contributed by atoms with Crippen LogP contribution >= 0.6 is 22.7 Å². The molecule has 62 heavy (non-hydrogen) atoms. The first-order chi connectivity index (χ1) is 30.7. The Balaban J connectivity index is 0.992. The summed E-state index contributed by atoms with van der Waals surface area (Å²) in [6, 6.07) is 77.3. The lowest BCUT2D eigenvalue weighted by molar-refractivity contribution is 0.669. The molecule has 0 saturated carbocycles. The highest BCUT2D eigenvalue weighted by atomic mass is 32.1. The van der Waals surface area contributed by atoms with Gasteiger partial charge in [0.05, 0.1) is 5.69 Å². The number of hydrogen-bond acceptors (Lipinski definition) is 4. The van der Waals surface area contributed by atoms with Crippen LogP contribution in [-0.2, 0) is 0 Å². The van der Waals surface area contributed by atoms with Crippen LogP contribution in [0.3, 0.4) is 0 Å². The van der Waals surface area contributed by atoms with E-state index in [0.717, 1.165) is 39.0 Å². The van der Waals surface area contributed by atoms with Crippen molar-refractivity contribution in [2.24, 2.45) is 0 Å². The van der Waals surface area contributed by atoms with Gasteiger partial charge in [-0.15, -0.1) is 22.7 Å². The SMILES string of the molecule is c1ccc2cc(-c3ccc(N(c4ccc(-c5ccc6sc7ccccc7c6c5)cc4)c4ccc(-c5cccc6c5sc5ccccc56)c5c4oc4ccccc45)cc3)ccc2c1.